The second-order valence-electron chi connectivity index (χ2n) is 7.53. The van der Waals surface area contributed by atoms with Crippen molar-refractivity contribution in [1.29, 1.82) is 0 Å². The molecule has 0 atom stereocenters. The van der Waals surface area contributed by atoms with Crippen LogP contribution in [0.15, 0.2) is 76.1 Å². The second kappa shape index (κ2) is 11.9. The monoisotopic (exact) mass is 602 g/mol. The first kappa shape index (κ1) is 26.2. The Kier molecular flexibility index (Phi) is 8.68. The Hall–Kier alpha value is -2.85. The molecule has 184 valence electrons. The SMILES string of the molecule is CCOc1cc(/C=C2/SC(=S)N(NC(=O)c3cccc(Cl)c3)C2=O)ccc1OCc1cccc(Br)c1. The van der Waals surface area contributed by atoms with Gasteiger partial charge in [0.25, 0.3) is 11.8 Å². The summed E-state index contributed by atoms with van der Waals surface area (Å²) in [5.41, 5.74) is 4.61. The molecule has 0 radical (unpaired) electrons. The predicted molar refractivity (Wildman–Crippen MR) is 150 cm³/mol. The van der Waals surface area contributed by atoms with Gasteiger partial charge in [-0.3, -0.25) is 15.0 Å². The summed E-state index contributed by atoms with van der Waals surface area (Å²) in [4.78, 5) is 25.9. The van der Waals surface area contributed by atoms with Crippen molar-refractivity contribution in [2.75, 3.05) is 6.61 Å². The number of hydrogen-bond acceptors (Lipinski definition) is 6. The fourth-order valence-corrected chi connectivity index (χ4v) is 5.12. The summed E-state index contributed by atoms with van der Waals surface area (Å²) in [6.45, 7) is 2.72. The Balaban J connectivity index is 1.49. The number of halogens is 2. The summed E-state index contributed by atoms with van der Waals surface area (Å²) in [6, 6.07) is 19.7. The van der Waals surface area contributed by atoms with Gasteiger partial charge < -0.3 is 9.47 Å². The van der Waals surface area contributed by atoms with E-state index in [1.54, 1.807) is 36.4 Å². The molecule has 3 aromatic rings. The van der Waals surface area contributed by atoms with Crippen molar-refractivity contribution >= 4 is 73.7 Å². The van der Waals surface area contributed by atoms with Crippen LogP contribution in [-0.2, 0) is 11.4 Å². The Morgan fingerprint density at radius 2 is 1.92 bits per heavy atom. The molecule has 1 fully saturated rings. The molecule has 1 aliphatic rings. The number of hydrogen-bond donors (Lipinski definition) is 1. The van der Waals surface area contributed by atoms with Crippen molar-refractivity contribution in [1.82, 2.24) is 10.4 Å². The lowest BCUT2D eigenvalue weighted by Crippen LogP contribution is -2.44. The van der Waals surface area contributed by atoms with Crippen LogP contribution in [0.4, 0.5) is 0 Å². The highest BCUT2D eigenvalue weighted by atomic mass is 79.9. The molecule has 0 aliphatic carbocycles. The highest BCUT2D eigenvalue weighted by Gasteiger charge is 2.33. The minimum Gasteiger partial charge on any atom is -0.490 e. The minimum absolute atomic E-state index is 0.223. The lowest BCUT2D eigenvalue weighted by Gasteiger charge is -2.15. The molecule has 10 heteroatoms. The Labute approximate surface area is 231 Å². The largest absolute Gasteiger partial charge is 0.490 e. The van der Waals surface area contributed by atoms with E-state index >= 15 is 0 Å². The van der Waals surface area contributed by atoms with Gasteiger partial charge in [0.1, 0.15) is 6.61 Å². The van der Waals surface area contributed by atoms with E-state index in [4.69, 9.17) is 33.3 Å². The number of carbonyl (C=O) groups excluding carboxylic acids is 2. The highest BCUT2D eigenvalue weighted by Crippen LogP contribution is 2.34. The lowest BCUT2D eigenvalue weighted by atomic mass is 10.1. The van der Waals surface area contributed by atoms with Crippen molar-refractivity contribution in [3.63, 3.8) is 0 Å². The van der Waals surface area contributed by atoms with E-state index in [9.17, 15) is 9.59 Å². The number of rotatable bonds is 8. The second-order valence-corrected chi connectivity index (χ2v) is 10.6. The first-order valence-electron chi connectivity index (χ1n) is 10.8. The van der Waals surface area contributed by atoms with E-state index < -0.39 is 11.8 Å². The van der Waals surface area contributed by atoms with Gasteiger partial charge in [-0.1, -0.05) is 63.6 Å². The number of amides is 2. The molecule has 0 aromatic heterocycles. The molecular formula is C26H20BrClN2O4S2. The van der Waals surface area contributed by atoms with Crippen molar-refractivity contribution < 1.29 is 19.1 Å². The number of hydrazine groups is 1. The summed E-state index contributed by atoms with van der Waals surface area (Å²) >= 11 is 15.8. The molecule has 6 nitrogen and oxygen atoms in total. The van der Waals surface area contributed by atoms with Crippen LogP contribution in [0, 0.1) is 0 Å². The van der Waals surface area contributed by atoms with Gasteiger partial charge in [0.05, 0.1) is 11.5 Å². The summed E-state index contributed by atoms with van der Waals surface area (Å²) in [5, 5.41) is 1.48. The third-order valence-electron chi connectivity index (χ3n) is 4.94. The minimum atomic E-state index is -0.486. The number of carbonyl (C=O) groups is 2. The quantitative estimate of drug-likeness (QED) is 0.230. The highest BCUT2D eigenvalue weighted by molar-refractivity contribution is 9.10. The van der Waals surface area contributed by atoms with E-state index in [2.05, 4.69) is 21.4 Å². The van der Waals surface area contributed by atoms with Gasteiger partial charge in [-0.25, -0.2) is 0 Å². The summed E-state index contributed by atoms with van der Waals surface area (Å²) in [6.07, 6.45) is 1.70. The molecule has 0 spiro atoms. The normalized spacial score (nSPS) is 14.3. The Morgan fingerprint density at radius 1 is 1.11 bits per heavy atom. The maximum Gasteiger partial charge on any atom is 0.285 e. The van der Waals surface area contributed by atoms with Gasteiger partial charge in [-0.05, 0) is 78.8 Å². The Morgan fingerprint density at radius 3 is 2.67 bits per heavy atom. The predicted octanol–water partition coefficient (Wildman–Crippen LogP) is 6.63. The molecule has 2 amide bonds. The van der Waals surface area contributed by atoms with Gasteiger partial charge in [0.2, 0.25) is 0 Å². The maximum absolute atomic E-state index is 13.0. The van der Waals surface area contributed by atoms with Crippen LogP contribution >= 0.6 is 51.5 Å². The number of nitrogens with zero attached hydrogens (tertiary/aromatic N) is 1. The molecule has 3 aromatic carbocycles. The molecule has 0 bridgehead atoms. The topological polar surface area (TPSA) is 67.9 Å². The molecule has 1 N–H and O–H groups in total. The van der Waals surface area contributed by atoms with Crippen molar-refractivity contribution in [2.45, 2.75) is 13.5 Å². The van der Waals surface area contributed by atoms with Crippen molar-refractivity contribution in [3.8, 4) is 11.5 Å². The zero-order valence-electron chi connectivity index (χ0n) is 19.0. The Bertz CT molecular complexity index is 1370. The first-order valence-corrected chi connectivity index (χ1v) is 13.2. The third kappa shape index (κ3) is 6.47. The van der Waals surface area contributed by atoms with Crippen molar-refractivity contribution in [2.24, 2.45) is 0 Å². The number of benzene rings is 3. The number of ether oxygens (including phenoxy) is 2. The zero-order chi connectivity index (χ0) is 25.7. The van der Waals surface area contributed by atoms with Crippen LogP contribution < -0.4 is 14.9 Å². The number of thiocarbonyl (C=S) groups is 1. The van der Waals surface area contributed by atoms with Gasteiger partial charge in [0.15, 0.2) is 15.8 Å². The van der Waals surface area contributed by atoms with Crippen LogP contribution in [0.3, 0.4) is 0 Å². The van der Waals surface area contributed by atoms with Crippen LogP contribution in [0.2, 0.25) is 5.02 Å². The van der Waals surface area contributed by atoms with E-state index in [-0.39, 0.29) is 4.32 Å². The standard InChI is InChI=1S/C26H20BrClN2O4S2/c1-2-33-22-12-16(9-10-21(22)34-15-17-5-3-7-19(27)11-17)13-23-25(32)30(26(35)36-23)29-24(31)18-6-4-8-20(28)14-18/h3-14H,2,15H2,1H3,(H,29,31)/b23-13+. The van der Waals surface area contributed by atoms with Crippen LogP contribution in [-0.4, -0.2) is 27.8 Å². The van der Waals surface area contributed by atoms with Gasteiger partial charge in [-0.15, -0.1) is 0 Å². The molecule has 1 saturated heterocycles. The molecular weight excluding hydrogens is 584 g/mol. The molecule has 0 unspecified atom stereocenters. The first-order chi connectivity index (χ1) is 17.3. The molecule has 4 rings (SSSR count). The van der Waals surface area contributed by atoms with E-state index in [0.717, 1.165) is 32.4 Å². The third-order valence-corrected chi connectivity index (χ3v) is 6.97. The maximum atomic E-state index is 13.0. The van der Waals surface area contributed by atoms with E-state index in [1.165, 1.54) is 6.07 Å². The summed E-state index contributed by atoms with van der Waals surface area (Å²) < 4.78 is 13.0. The molecule has 1 heterocycles. The smallest absolute Gasteiger partial charge is 0.285 e. The van der Waals surface area contributed by atoms with E-state index in [0.29, 0.717) is 40.2 Å². The van der Waals surface area contributed by atoms with E-state index in [1.807, 2.05) is 37.3 Å². The fourth-order valence-electron chi connectivity index (χ4n) is 3.30. The van der Waals surface area contributed by atoms with Crippen LogP contribution in [0.25, 0.3) is 6.08 Å². The average Bonchev–Trinajstić information content (AvgIpc) is 3.11. The van der Waals surface area contributed by atoms with Gasteiger partial charge in [0, 0.05) is 15.1 Å². The number of nitrogens with one attached hydrogen (secondary N) is 1. The molecule has 0 saturated carbocycles. The van der Waals surface area contributed by atoms with Gasteiger partial charge >= 0.3 is 0 Å². The molecule has 1 aliphatic heterocycles. The summed E-state index contributed by atoms with van der Waals surface area (Å²) in [5.74, 6) is 0.246. The number of thioether (sulfide) groups is 1. The zero-order valence-corrected chi connectivity index (χ0v) is 23.0. The van der Waals surface area contributed by atoms with Crippen LogP contribution in [0.5, 0.6) is 11.5 Å². The summed E-state index contributed by atoms with van der Waals surface area (Å²) in [7, 11) is 0. The van der Waals surface area contributed by atoms with Gasteiger partial charge in [-0.2, -0.15) is 5.01 Å². The van der Waals surface area contributed by atoms with Crippen molar-refractivity contribution in [3.05, 3.63) is 97.8 Å². The molecule has 36 heavy (non-hydrogen) atoms. The fraction of sp³-hybridized carbons (Fsp3) is 0.115. The van der Waals surface area contributed by atoms with Crippen LogP contribution in [0.1, 0.15) is 28.4 Å². The lowest BCUT2D eigenvalue weighted by molar-refractivity contribution is -0.123. The average molecular weight is 604 g/mol.